The molecule has 6 heteroatoms. The third-order valence-electron chi connectivity index (χ3n) is 4.71. The van der Waals surface area contributed by atoms with Gasteiger partial charge in [0.1, 0.15) is 6.04 Å². The van der Waals surface area contributed by atoms with Crippen molar-refractivity contribution in [2.24, 2.45) is 0 Å². The molecule has 2 aromatic carbocycles. The maximum Gasteiger partial charge on any atom is 0.256 e. The van der Waals surface area contributed by atoms with Crippen molar-refractivity contribution in [1.82, 2.24) is 4.90 Å². The molecule has 0 bridgehead atoms. The maximum atomic E-state index is 13.0. The Morgan fingerprint density at radius 2 is 1.81 bits per heavy atom. The first-order valence-corrected chi connectivity index (χ1v) is 9.24. The molecule has 1 saturated heterocycles. The van der Waals surface area contributed by atoms with Crippen LogP contribution < -0.4 is 4.90 Å². The Morgan fingerprint density at radius 3 is 2.50 bits per heavy atom. The van der Waals surface area contributed by atoms with Crippen LogP contribution in [0, 0.1) is 6.92 Å². The summed E-state index contributed by atoms with van der Waals surface area (Å²) in [7, 11) is 1.74. The number of carbonyl (C=O) groups is 2. The normalized spacial score (nSPS) is 16.6. The van der Waals surface area contributed by atoms with Crippen LogP contribution in [0.1, 0.15) is 28.8 Å². The van der Waals surface area contributed by atoms with Crippen molar-refractivity contribution in [2.75, 3.05) is 18.5 Å². The molecule has 1 fully saturated rings. The topological polar surface area (TPSA) is 40.6 Å². The second kappa shape index (κ2) is 7.68. The van der Waals surface area contributed by atoms with E-state index in [-0.39, 0.29) is 11.8 Å². The van der Waals surface area contributed by atoms with E-state index in [1.54, 1.807) is 35.0 Å². The van der Waals surface area contributed by atoms with Crippen LogP contribution in [0.2, 0.25) is 10.0 Å². The molecule has 1 atom stereocenters. The van der Waals surface area contributed by atoms with Crippen molar-refractivity contribution >= 4 is 40.7 Å². The molecule has 1 unspecified atom stereocenters. The van der Waals surface area contributed by atoms with Gasteiger partial charge in [0.2, 0.25) is 5.91 Å². The van der Waals surface area contributed by atoms with E-state index < -0.39 is 6.04 Å². The molecule has 0 saturated carbocycles. The number of likely N-dealkylation sites (N-methyl/N-ethyl adjacent to an activating group) is 1. The average molecular weight is 391 g/mol. The van der Waals surface area contributed by atoms with E-state index >= 15 is 0 Å². The average Bonchev–Trinajstić information content (AvgIpc) is 3.12. The molecule has 26 heavy (non-hydrogen) atoms. The smallest absolute Gasteiger partial charge is 0.256 e. The molecule has 1 aliphatic rings. The van der Waals surface area contributed by atoms with Gasteiger partial charge >= 0.3 is 0 Å². The summed E-state index contributed by atoms with van der Waals surface area (Å²) in [5, 5.41) is 0.779. The highest BCUT2D eigenvalue weighted by molar-refractivity contribution is 6.35. The van der Waals surface area contributed by atoms with Crippen LogP contribution in [0.15, 0.2) is 42.5 Å². The first-order chi connectivity index (χ1) is 12.4. The summed E-state index contributed by atoms with van der Waals surface area (Å²) in [6.07, 6.45) is 1.42. The molecule has 0 aromatic heterocycles. The number of carbonyl (C=O) groups excluding carboxylic acids is 2. The lowest BCUT2D eigenvalue weighted by atomic mass is 10.1. The first kappa shape index (κ1) is 18.7. The lowest BCUT2D eigenvalue weighted by Gasteiger charge is -2.28. The zero-order valence-corrected chi connectivity index (χ0v) is 16.2. The highest BCUT2D eigenvalue weighted by atomic mass is 35.5. The van der Waals surface area contributed by atoms with Crippen molar-refractivity contribution in [1.29, 1.82) is 0 Å². The molecule has 0 spiro atoms. The molecule has 1 aliphatic heterocycles. The summed E-state index contributed by atoms with van der Waals surface area (Å²) in [5.74, 6) is -0.358. The van der Waals surface area contributed by atoms with Crippen molar-refractivity contribution < 1.29 is 9.59 Å². The van der Waals surface area contributed by atoms with Crippen LogP contribution in [0.4, 0.5) is 5.69 Å². The van der Waals surface area contributed by atoms with Gasteiger partial charge in [-0.05, 0) is 50.1 Å². The summed E-state index contributed by atoms with van der Waals surface area (Å²) < 4.78 is 0. The number of anilines is 1. The minimum absolute atomic E-state index is 0.0992. The molecule has 2 amide bonds. The van der Waals surface area contributed by atoms with Gasteiger partial charge in [0, 0.05) is 24.3 Å². The Bertz CT molecular complexity index is 836. The molecule has 2 aromatic rings. The van der Waals surface area contributed by atoms with E-state index in [0.717, 1.165) is 17.7 Å². The Kier molecular flexibility index (Phi) is 5.54. The van der Waals surface area contributed by atoms with Crippen molar-refractivity contribution in [2.45, 2.75) is 25.8 Å². The fraction of sp³-hybridized carbons (Fsp3) is 0.300. The second-order valence-corrected chi connectivity index (χ2v) is 7.36. The molecule has 1 heterocycles. The number of hydrogen-bond acceptors (Lipinski definition) is 2. The van der Waals surface area contributed by atoms with Crippen LogP contribution in [0.25, 0.3) is 0 Å². The number of hydrogen-bond donors (Lipinski definition) is 0. The van der Waals surface area contributed by atoms with E-state index in [4.69, 9.17) is 23.2 Å². The fourth-order valence-corrected chi connectivity index (χ4v) is 3.57. The molecule has 3 rings (SSSR count). The molecule has 4 nitrogen and oxygen atoms in total. The number of benzene rings is 2. The molecular formula is C20H20Cl2N2O2. The van der Waals surface area contributed by atoms with E-state index in [2.05, 4.69) is 0 Å². The summed E-state index contributed by atoms with van der Waals surface area (Å²) in [5.41, 5.74) is 2.26. The number of aryl methyl sites for hydroxylation is 1. The minimum Gasteiger partial charge on any atom is -0.327 e. The highest BCUT2D eigenvalue weighted by Crippen LogP contribution is 2.28. The van der Waals surface area contributed by atoms with Crippen molar-refractivity contribution in [3.05, 3.63) is 63.6 Å². The Labute approximate surface area is 163 Å². The summed E-state index contributed by atoms with van der Waals surface area (Å²) >= 11 is 12.2. The van der Waals surface area contributed by atoms with Gasteiger partial charge in [0.25, 0.3) is 5.91 Å². The van der Waals surface area contributed by atoms with E-state index in [1.165, 1.54) is 0 Å². The summed E-state index contributed by atoms with van der Waals surface area (Å²) in [6.45, 7) is 2.53. The van der Waals surface area contributed by atoms with Gasteiger partial charge in [-0.2, -0.15) is 0 Å². The number of halogens is 2. The molecule has 0 radical (unpaired) electrons. The third-order valence-corrected chi connectivity index (χ3v) is 5.27. The summed E-state index contributed by atoms with van der Waals surface area (Å²) in [4.78, 5) is 29.2. The minimum atomic E-state index is -0.496. The Balaban J connectivity index is 1.83. The standard InChI is InChI=1S/C20H20Cl2N2O2/c1-13-5-8-15(9-6-13)23(2)20(26)18-4-3-11-24(18)19(25)16-12-14(21)7-10-17(16)22/h5-10,12,18H,3-4,11H2,1-2H3. The number of likely N-dealkylation sites (tertiary alicyclic amines) is 1. The van der Waals surface area contributed by atoms with Gasteiger partial charge in [-0.15, -0.1) is 0 Å². The molecular weight excluding hydrogens is 371 g/mol. The molecule has 0 aliphatic carbocycles. The number of amides is 2. The zero-order valence-electron chi connectivity index (χ0n) is 14.7. The van der Waals surface area contributed by atoms with Crippen LogP contribution in [0.3, 0.4) is 0 Å². The third kappa shape index (κ3) is 3.71. The van der Waals surface area contributed by atoms with Crippen molar-refractivity contribution in [3.8, 4) is 0 Å². The van der Waals surface area contributed by atoms with Crippen LogP contribution in [0.5, 0.6) is 0 Å². The van der Waals surface area contributed by atoms with E-state index in [9.17, 15) is 9.59 Å². The summed E-state index contributed by atoms with van der Waals surface area (Å²) in [6, 6.07) is 12.0. The van der Waals surface area contributed by atoms with Gasteiger partial charge in [0.05, 0.1) is 10.6 Å². The lowest BCUT2D eigenvalue weighted by Crippen LogP contribution is -2.46. The monoisotopic (exact) mass is 390 g/mol. The fourth-order valence-electron chi connectivity index (χ4n) is 3.20. The van der Waals surface area contributed by atoms with Gasteiger partial charge in [-0.3, -0.25) is 9.59 Å². The van der Waals surface area contributed by atoms with E-state index in [1.807, 2.05) is 31.2 Å². The van der Waals surface area contributed by atoms with Crippen LogP contribution in [-0.2, 0) is 4.79 Å². The van der Waals surface area contributed by atoms with Crippen molar-refractivity contribution in [3.63, 3.8) is 0 Å². The Morgan fingerprint density at radius 1 is 1.12 bits per heavy atom. The van der Waals surface area contributed by atoms with Gasteiger partial charge in [-0.25, -0.2) is 0 Å². The molecule has 136 valence electrons. The van der Waals surface area contributed by atoms with E-state index in [0.29, 0.717) is 28.6 Å². The van der Waals surface area contributed by atoms with Crippen LogP contribution >= 0.6 is 23.2 Å². The zero-order chi connectivity index (χ0) is 18.8. The SMILES string of the molecule is Cc1ccc(N(C)C(=O)C2CCCN2C(=O)c2cc(Cl)ccc2Cl)cc1. The van der Waals surface area contributed by atoms with Gasteiger partial charge in [-0.1, -0.05) is 40.9 Å². The maximum absolute atomic E-state index is 13.0. The van der Waals surface area contributed by atoms with Crippen LogP contribution in [-0.4, -0.2) is 36.3 Å². The second-order valence-electron chi connectivity index (χ2n) is 6.51. The number of nitrogens with zero attached hydrogens (tertiary/aromatic N) is 2. The number of rotatable bonds is 3. The lowest BCUT2D eigenvalue weighted by molar-refractivity contribution is -0.121. The predicted octanol–water partition coefficient (Wildman–Crippen LogP) is 4.57. The van der Waals surface area contributed by atoms with Gasteiger partial charge < -0.3 is 9.80 Å². The first-order valence-electron chi connectivity index (χ1n) is 8.48. The Hall–Kier alpha value is -2.04. The molecule has 0 N–H and O–H groups in total. The van der Waals surface area contributed by atoms with Gasteiger partial charge in [0.15, 0.2) is 0 Å². The largest absolute Gasteiger partial charge is 0.327 e. The quantitative estimate of drug-likeness (QED) is 0.769. The predicted molar refractivity (Wildman–Crippen MR) is 105 cm³/mol. The highest BCUT2D eigenvalue weighted by Gasteiger charge is 2.37.